The predicted molar refractivity (Wildman–Crippen MR) is 99.1 cm³/mol. The normalized spacial score (nSPS) is 13.1. The second-order valence-electron chi connectivity index (χ2n) is 6.22. The summed E-state index contributed by atoms with van der Waals surface area (Å²) < 4.78 is 10.1. The van der Waals surface area contributed by atoms with Crippen LogP contribution < -0.4 is 4.74 Å². The summed E-state index contributed by atoms with van der Waals surface area (Å²) in [6.07, 6.45) is -0.0674. The Morgan fingerprint density at radius 2 is 1.75 bits per heavy atom. The molecule has 0 spiro atoms. The minimum absolute atomic E-state index is 0.0896. The highest BCUT2D eigenvalue weighted by molar-refractivity contribution is 6.09. The molecule has 144 valence electrons. The number of esters is 1. The van der Waals surface area contributed by atoms with Crippen molar-refractivity contribution < 1.29 is 28.7 Å². The van der Waals surface area contributed by atoms with Crippen LogP contribution in [0, 0.1) is 0 Å². The number of methoxy groups -OCH3 is 1. The summed E-state index contributed by atoms with van der Waals surface area (Å²) in [7, 11) is 1.45. The van der Waals surface area contributed by atoms with Gasteiger partial charge in [-0.3, -0.25) is 24.1 Å². The molecule has 2 aromatic carbocycles. The van der Waals surface area contributed by atoms with Gasteiger partial charge in [0.2, 0.25) is 11.7 Å². The van der Waals surface area contributed by atoms with Gasteiger partial charge in [-0.15, -0.1) is 0 Å². The van der Waals surface area contributed by atoms with Crippen LogP contribution in [0.3, 0.4) is 0 Å². The van der Waals surface area contributed by atoms with Gasteiger partial charge in [0.25, 0.3) is 5.91 Å². The number of hydrogen-bond donors (Lipinski definition) is 0. The smallest absolute Gasteiger partial charge is 0.308 e. The second kappa shape index (κ2) is 8.47. The molecule has 1 aliphatic heterocycles. The number of amides is 2. The van der Waals surface area contributed by atoms with Crippen LogP contribution in [0.15, 0.2) is 48.5 Å². The standard InChI is InChI=1S/C21H19NO6/c1-27-18-9-5-4-8-16(18)17(23)13-28-20(25)10-11-22-19(24)12-14-6-2-3-7-15(14)21(22)26/h2-9H,10-13H2,1H3. The number of ether oxygens (including phenoxy) is 2. The molecule has 0 saturated heterocycles. The zero-order valence-electron chi connectivity index (χ0n) is 15.3. The van der Waals surface area contributed by atoms with Crippen LogP contribution >= 0.6 is 0 Å². The lowest BCUT2D eigenvalue weighted by Gasteiger charge is -2.26. The molecule has 0 N–H and O–H groups in total. The van der Waals surface area contributed by atoms with Crippen molar-refractivity contribution in [3.05, 3.63) is 65.2 Å². The summed E-state index contributed by atoms with van der Waals surface area (Å²) in [5.41, 5.74) is 1.45. The molecule has 0 bridgehead atoms. The molecule has 0 radical (unpaired) electrons. The molecule has 3 rings (SSSR count). The second-order valence-corrected chi connectivity index (χ2v) is 6.22. The van der Waals surface area contributed by atoms with Crippen molar-refractivity contribution in [2.45, 2.75) is 12.8 Å². The highest BCUT2D eigenvalue weighted by atomic mass is 16.5. The van der Waals surface area contributed by atoms with Gasteiger partial charge in [-0.25, -0.2) is 0 Å². The van der Waals surface area contributed by atoms with Crippen molar-refractivity contribution in [2.75, 3.05) is 20.3 Å². The van der Waals surface area contributed by atoms with E-state index in [0.717, 1.165) is 4.90 Å². The molecule has 2 amide bonds. The topological polar surface area (TPSA) is 90.0 Å². The van der Waals surface area contributed by atoms with E-state index >= 15 is 0 Å². The fourth-order valence-electron chi connectivity index (χ4n) is 3.00. The van der Waals surface area contributed by atoms with E-state index in [1.165, 1.54) is 7.11 Å². The summed E-state index contributed by atoms with van der Waals surface area (Å²) in [6, 6.07) is 13.5. The molecule has 7 nitrogen and oxygen atoms in total. The first kappa shape index (κ1) is 19.3. The summed E-state index contributed by atoms with van der Waals surface area (Å²) in [5, 5.41) is 0. The van der Waals surface area contributed by atoms with E-state index in [0.29, 0.717) is 22.4 Å². The van der Waals surface area contributed by atoms with Crippen LogP contribution in [0.5, 0.6) is 5.75 Å². The number of nitrogens with zero attached hydrogens (tertiary/aromatic N) is 1. The quantitative estimate of drug-likeness (QED) is 0.414. The van der Waals surface area contributed by atoms with E-state index in [2.05, 4.69) is 0 Å². The van der Waals surface area contributed by atoms with Crippen molar-refractivity contribution in [1.29, 1.82) is 0 Å². The molecular formula is C21H19NO6. The number of Topliss-reactive ketones (excluding diaryl/α,β-unsaturated/α-hetero) is 1. The zero-order chi connectivity index (χ0) is 20.1. The first-order valence-electron chi connectivity index (χ1n) is 8.75. The average molecular weight is 381 g/mol. The highest BCUT2D eigenvalue weighted by Crippen LogP contribution is 2.20. The van der Waals surface area contributed by atoms with Gasteiger partial charge >= 0.3 is 5.97 Å². The maximum atomic E-state index is 12.4. The SMILES string of the molecule is COc1ccccc1C(=O)COC(=O)CCN1C(=O)Cc2ccccc2C1=O. The summed E-state index contributed by atoms with van der Waals surface area (Å²) in [5.74, 6) is -1.45. The lowest BCUT2D eigenvalue weighted by molar-refractivity contribution is -0.143. The number of carbonyl (C=O) groups is 4. The number of ketones is 1. The Hall–Kier alpha value is -3.48. The number of imide groups is 1. The number of hydrogen-bond acceptors (Lipinski definition) is 6. The number of para-hydroxylation sites is 1. The third-order valence-electron chi connectivity index (χ3n) is 4.45. The monoisotopic (exact) mass is 381 g/mol. The predicted octanol–water partition coefficient (Wildman–Crippen LogP) is 2.04. The van der Waals surface area contributed by atoms with Crippen LogP contribution in [-0.4, -0.2) is 48.7 Å². The van der Waals surface area contributed by atoms with E-state index in [1.807, 2.05) is 0 Å². The Bertz CT molecular complexity index is 936. The Morgan fingerprint density at radius 1 is 1.04 bits per heavy atom. The van der Waals surface area contributed by atoms with E-state index in [1.54, 1.807) is 48.5 Å². The number of benzene rings is 2. The van der Waals surface area contributed by atoms with Gasteiger partial charge in [0.15, 0.2) is 6.61 Å². The molecule has 0 atom stereocenters. The minimum atomic E-state index is -0.664. The lowest BCUT2D eigenvalue weighted by atomic mass is 9.98. The van der Waals surface area contributed by atoms with Gasteiger partial charge in [0.1, 0.15) is 5.75 Å². The first-order valence-corrected chi connectivity index (χ1v) is 8.75. The van der Waals surface area contributed by atoms with Crippen molar-refractivity contribution >= 4 is 23.6 Å². The minimum Gasteiger partial charge on any atom is -0.496 e. The third-order valence-corrected chi connectivity index (χ3v) is 4.45. The van der Waals surface area contributed by atoms with Crippen molar-refractivity contribution in [3.63, 3.8) is 0 Å². The molecule has 0 saturated carbocycles. The summed E-state index contributed by atoms with van der Waals surface area (Å²) >= 11 is 0. The Balaban J connectivity index is 1.54. The summed E-state index contributed by atoms with van der Waals surface area (Å²) in [6.45, 7) is -0.530. The fraction of sp³-hybridized carbons (Fsp3) is 0.238. The average Bonchev–Trinajstić information content (AvgIpc) is 2.71. The largest absolute Gasteiger partial charge is 0.496 e. The molecule has 0 unspecified atom stereocenters. The van der Waals surface area contributed by atoms with Gasteiger partial charge in [0, 0.05) is 12.1 Å². The van der Waals surface area contributed by atoms with Crippen LogP contribution in [-0.2, 0) is 20.7 Å². The van der Waals surface area contributed by atoms with E-state index < -0.39 is 24.3 Å². The molecule has 7 heteroatoms. The van der Waals surface area contributed by atoms with Crippen LogP contribution in [0.4, 0.5) is 0 Å². The maximum Gasteiger partial charge on any atom is 0.308 e. The number of carbonyl (C=O) groups excluding carboxylic acids is 4. The number of fused-ring (bicyclic) bond motifs is 1. The van der Waals surface area contributed by atoms with E-state index in [-0.39, 0.29) is 25.3 Å². The van der Waals surface area contributed by atoms with Gasteiger partial charge < -0.3 is 9.47 Å². The van der Waals surface area contributed by atoms with Gasteiger partial charge in [-0.1, -0.05) is 30.3 Å². The Labute approximate surface area is 161 Å². The Kier molecular flexibility index (Phi) is 5.84. The third kappa shape index (κ3) is 4.09. The maximum absolute atomic E-state index is 12.4. The fourth-order valence-corrected chi connectivity index (χ4v) is 3.00. The van der Waals surface area contributed by atoms with Gasteiger partial charge in [-0.2, -0.15) is 0 Å². The van der Waals surface area contributed by atoms with Crippen molar-refractivity contribution in [3.8, 4) is 5.75 Å². The van der Waals surface area contributed by atoms with Gasteiger partial charge in [0.05, 0.1) is 25.5 Å². The molecule has 0 aromatic heterocycles. The summed E-state index contributed by atoms with van der Waals surface area (Å²) in [4.78, 5) is 49.9. The number of rotatable bonds is 7. The van der Waals surface area contributed by atoms with Crippen LogP contribution in [0.2, 0.25) is 0 Å². The zero-order valence-corrected chi connectivity index (χ0v) is 15.3. The van der Waals surface area contributed by atoms with E-state index in [4.69, 9.17) is 9.47 Å². The molecule has 1 aliphatic rings. The highest BCUT2D eigenvalue weighted by Gasteiger charge is 2.30. The molecule has 1 heterocycles. The molecule has 28 heavy (non-hydrogen) atoms. The molecule has 0 fully saturated rings. The van der Waals surface area contributed by atoms with Gasteiger partial charge in [-0.05, 0) is 23.8 Å². The molecule has 0 aliphatic carbocycles. The van der Waals surface area contributed by atoms with Crippen molar-refractivity contribution in [2.24, 2.45) is 0 Å². The first-order chi connectivity index (χ1) is 13.5. The van der Waals surface area contributed by atoms with Crippen LogP contribution in [0.1, 0.15) is 32.7 Å². The van der Waals surface area contributed by atoms with Crippen molar-refractivity contribution in [1.82, 2.24) is 4.90 Å². The van der Waals surface area contributed by atoms with Crippen LogP contribution in [0.25, 0.3) is 0 Å². The van der Waals surface area contributed by atoms with E-state index in [9.17, 15) is 19.2 Å². The lowest BCUT2D eigenvalue weighted by Crippen LogP contribution is -2.43. The molecule has 2 aromatic rings. The molecular weight excluding hydrogens is 362 g/mol. The Morgan fingerprint density at radius 3 is 2.54 bits per heavy atom.